The average molecular weight is 631 g/mol. The summed E-state index contributed by atoms with van der Waals surface area (Å²) in [6, 6.07) is 39.7. The fraction of sp³-hybridized carbons (Fsp3) is 0.273. The molecule has 240 valence electrons. The van der Waals surface area contributed by atoms with E-state index in [0.29, 0.717) is 11.8 Å². The molecule has 4 nitrogen and oxygen atoms in total. The van der Waals surface area contributed by atoms with Crippen LogP contribution in [-0.4, -0.2) is 34.1 Å². The lowest BCUT2D eigenvalue weighted by molar-refractivity contribution is 0.0618. The summed E-state index contributed by atoms with van der Waals surface area (Å²) < 4.78 is 12.5. The normalized spacial score (nSPS) is 18.8. The molecule has 2 aliphatic rings. The molecule has 0 aliphatic carbocycles. The van der Waals surface area contributed by atoms with Gasteiger partial charge in [0.2, 0.25) is 11.8 Å². The third-order valence-electron chi connectivity index (χ3n) is 11.2. The van der Waals surface area contributed by atoms with Gasteiger partial charge >= 0.3 is 0 Å². The third-order valence-corrected chi connectivity index (χ3v) is 11.2. The fourth-order valence-electron chi connectivity index (χ4n) is 6.73. The van der Waals surface area contributed by atoms with E-state index in [4.69, 9.17) is 19.5 Å². The van der Waals surface area contributed by atoms with Crippen molar-refractivity contribution in [3.8, 4) is 22.3 Å². The molecule has 0 fully saturated rings. The van der Waals surface area contributed by atoms with E-state index in [1.807, 2.05) is 0 Å². The van der Waals surface area contributed by atoms with Crippen LogP contribution in [0.5, 0.6) is 0 Å². The zero-order chi connectivity index (χ0) is 33.6. The van der Waals surface area contributed by atoms with Crippen molar-refractivity contribution < 1.29 is 9.47 Å². The summed E-state index contributed by atoms with van der Waals surface area (Å²) in [4.78, 5) is 9.78. The third kappa shape index (κ3) is 4.72. The number of fused-ring (bicyclic) bond motifs is 6. The van der Waals surface area contributed by atoms with Crippen molar-refractivity contribution in [2.24, 2.45) is 9.98 Å². The molecule has 6 aromatic carbocycles. The lowest BCUT2D eigenvalue weighted by Gasteiger charge is -2.30. The van der Waals surface area contributed by atoms with Crippen LogP contribution in [0.4, 0.5) is 0 Å². The topological polar surface area (TPSA) is 43.2 Å². The molecule has 0 saturated carbocycles. The van der Waals surface area contributed by atoms with Gasteiger partial charge in [0, 0.05) is 11.1 Å². The molecule has 0 radical (unpaired) electrons. The Kier molecular flexibility index (Phi) is 6.50. The molecule has 0 amide bonds. The van der Waals surface area contributed by atoms with Crippen LogP contribution in [0.3, 0.4) is 0 Å². The highest BCUT2D eigenvalue weighted by Crippen LogP contribution is 2.41. The van der Waals surface area contributed by atoms with Gasteiger partial charge in [0.1, 0.15) is 11.2 Å². The van der Waals surface area contributed by atoms with Gasteiger partial charge in [-0.25, -0.2) is 9.98 Å². The first-order valence-electron chi connectivity index (χ1n) is 16.9. The molecule has 4 heteroatoms. The monoisotopic (exact) mass is 630 g/mol. The summed E-state index contributed by atoms with van der Waals surface area (Å²) >= 11 is 0. The van der Waals surface area contributed by atoms with E-state index in [0.717, 1.165) is 11.1 Å². The number of hydrogen-bond acceptors (Lipinski definition) is 4. The fourth-order valence-corrected chi connectivity index (χ4v) is 6.73. The Morgan fingerprint density at radius 3 is 1.00 bits per heavy atom. The Morgan fingerprint density at radius 2 is 0.667 bits per heavy atom. The molecule has 6 aromatic rings. The summed E-state index contributed by atoms with van der Waals surface area (Å²) in [5, 5.41) is 7.53. The van der Waals surface area contributed by atoms with Gasteiger partial charge in [0.25, 0.3) is 0 Å². The number of rotatable bonds is 4. The molecule has 0 bridgehead atoms. The van der Waals surface area contributed by atoms with Gasteiger partial charge in [-0.3, -0.25) is 0 Å². The molecular formula is C44H42N2O2. The predicted octanol–water partition coefficient (Wildman–Crippen LogP) is 11.1. The molecule has 0 spiro atoms. The number of aliphatic imine (C=N–C) groups is 2. The minimum absolute atomic E-state index is 0.274. The summed E-state index contributed by atoms with van der Waals surface area (Å²) in [5.74, 6) is 1.43. The zero-order valence-corrected chi connectivity index (χ0v) is 29.1. The van der Waals surface area contributed by atoms with Gasteiger partial charge in [0.05, 0.1) is 11.1 Å². The second kappa shape index (κ2) is 10.3. The lowest BCUT2D eigenvalue weighted by atomic mass is 9.87. The Bertz CT molecular complexity index is 2140. The maximum Gasteiger partial charge on any atom is 0.217 e. The van der Waals surface area contributed by atoms with E-state index in [1.54, 1.807) is 0 Å². The number of benzene rings is 6. The maximum absolute atomic E-state index is 6.26. The van der Waals surface area contributed by atoms with E-state index in [9.17, 15) is 0 Å². The Labute approximate surface area is 283 Å². The van der Waals surface area contributed by atoms with Gasteiger partial charge in [-0.05, 0) is 146 Å². The smallest absolute Gasteiger partial charge is 0.217 e. The summed E-state index contributed by atoms with van der Waals surface area (Å²) in [6.07, 6.45) is 0. The Balaban J connectivity index is 1.16. The molecule has 0 aromatic heterocycles. The minimum atomic E-state index is -0.343. The molecule has 0 saturated heterocycles. The quantitative estimate of drug-likeness (QED) is 0.182. The summed E-state index contributed by atoms with van der Waals surface area (Å²) in [7, 11) is 0. The van der Waals surface area contributed by atoms with Crippen LogP contribution in [0.25, 0.3) is 54.6 Å². The first-order valence-corrected chi connectivity index (χ1v) is 16.9. The molecule has 8 rings (SSSR count). The van der Waals surface area contributed by atoms with Crippen molar-refractivity contribution in [2.45, 2.75) is 77.7 Å². The molecular weight excluding hydrogens is 588 g/mol. The van der Waals surface area contributed by atoms with Crippen molar-refractivity contribution >= 4 is 44.1 Å². The largest absolute Gasteiger partial charge is 0.469 e. The van der Waals surface area contributed by atoms with Gasteiger partial charge < -0.3 is 9.47 Å². The van der Waals surface area contributed by atoms with E-state index in [2.05, 4.69) is 165 Å². The van der Waals surface area contributed by atoms with Crippen molar-refractivity contribution in [3.63, 3.8) is 0 Å². The average Bonchev–Trinajstić information content (AvgIpc) is 3.43. The molecule has 2 aliphatic heterocycles. The number of hydrogen-bond donors (Lipinski definition) is 0. The summed E-state index contributed by atoms with van der Waals surface area (Å²) in [6.45, 7) is 16.9. The van der Waals surface area contributed by atoms with E-state index in [-0.39, 0.29) is 22.3 Å². The van der Waals surface area contributed by atoms with Gasteiger partial charge in [-0.15, -0.1) is 0 Å². The highest BCUT2D eigenvalue weighted by Gasteiger charge is 2.46. The van der Waals surface area contributed by atoms with Gasteiger partial charge in [-0.2, -0.15) is 0 Å². The second-order valence-electron chi connectivity index (χ2n) is 15.4. The van der Waals surface area contributed by atoms with Crippen LogP contribution < -0.4 is 0 Å². The number of nitrogens with zero attached hydrogens (tertiary/aromatic N) is 2. The number of ether oxygens (including phenoxy) is 2. The van der Waals surface area contributed by atoms with Gasteiger partial charge in [0.15, 0.2) is 0 Å². The van der Waals surface area contributed by atoms with Crippen LogP contribution in [0.15, 0.2) is 119 Å². The zero-order valence-electron chi connectivity index (χ0n) is 29.1. The van der Waals surface area contributed by atoms with Crippen LogP contribution in [0, 0.1) is 0 Å². The van der Waals surface area contributed by atoms with Crippen molar-refractivity contribution in [1.82, 2.24) is 0 Å². The molecule has 0 unspecified atom stereocenters. The first kappa shape index (κ1) is 30.4. The molecule has 48 heavy (non-hydrogen) atoms. The second-order valence-corrected chi connectivity index (χ2v) is 15.4. The van der Waals surface area contributed by atoms with Crippen molar-refractivity contribution in [1.29, 1.82) is 0 Å². The van der Waals surface area contributed by atoms with Crippen LogP contribution in [-0.2, 0) is 9.47 Å². The van der Waals surface area contributed by atoms with Gasteiger partial charge in [-0.1, -0.05) is 72.8 Å². The first-order chi connectivity index (χ1) is 22.7. The van der Waals surface area contributed by atoms with Crippen molar-refractivity contribution in [2.75, 3.05) is 0 Å². The lowest BCUT2D eigenvalue weighted by Crippen LogP contribution is -2.41. The van der Waals surface area contributed by atoms with E-state index < -0.39 is 0 Å². The van der Waals surface area contributed by atoms with Crippen LogP contribution >= 0.6 is 0 Å². The highest BCUT2D eigenvalue weighted by molar-refractivity contribution is 6.26. The SMILES string of the molecule is CC1(C)N=C(c2ccc(-c3ccc4c5ccc(-c6ccc(C7=NC(C)(C)C(C)(C)O7)cc6)cc5c5ccccc5c4c3)cc2)OC1(C)C. The maximum atomic E-state index is 6.26. The van der Waals surface area contributed by atoms with Crippen LogP contribution in [0.1, 0.15) is 66.5 Å². The minimum Gasteiger partial charge on any atom is -0.469 e. The molecule has 2 heterocycles. The van der Waals surface area contributed by atoms with E-state index >= 15 is 0 Å². The highest BCUT2D eigenvalue weighted by atomic mass is 16.5. The Morgan fingerprint density at radius 1 is 0.354 bits per heavy atom. The molecule has 0 N–H and O–H groups in total. The Hall–Kier alpha value is -4.96. The van der Waals surface area contributed by atoms with Crippen molar-refractivity contribution in [3.05, 3.63) is 120 Å². The summed E-state index contributed by atoms with van der Waals surface area (Å²) in [5.41, 5.74) is 5.49. The predicted molar refractivity (Wildman–Crippen MR) is 201 cm³/mol. The van der Waals surface area contributed by atoms with Crippen LogP contribution in [0.2, 0.25) is 0 Å². The molecule has 0 atom stereocenters. The standard InChI is InChI=1S/C44H42N2O2/c1-41(2)43(5,6)47-39(45-41)29-17-13-27(14-18-29)31-21-23-35-36-24-22-32(26-38(36)34-12-10-9-11-33(34)37(35)25-31)28-15-19-30(20-16-28)40-46-42(3,4)44(7,8)48-40/h9-26H,1-8H3. The van der Waals surface area contributed by atoms with E-state index in [1.165, 1.54) is 54.6 Å².